The van der Waals surface area contributed by atoms with Gasteiger partial charge in [0.15, 0.2) is 0 Å². The van der Waals surface area contributed by atoms with Crippen LogP contribution in [0.15, 0.2) is 0 Å². The third-order valence-electron chi connectivity index (χ3n) is 5.50. The molecule has 0 spiro atoms. The first-order valence-electron chi connectivity index (χ1n) is 8.62. The van der Waals surface area contributed by atoms with Crippen molar-refractivity contribution < 1.29 is 4.74 Å². The molecular formula is C16H31N3O. The number of nitrogens with zero attached hydrogens (tertiary/aromatic N) is 1. The molecule has 0 radical (unpaired) electrons. The van der Waals surface area contributed by atoms with Gasteiger partial charge < -0.3 is 10.1 Å². The van der Waals surface area contributed by atoms with Crippen molar-refractivity contribution in [3.05, 3.63) is 0 Å². The molecule has 20 heavy (non-hydrogen) atoms. The summed E-state index contributed by atoms with van der Waals surface area (Å²) in [6, 6.07) is 0.772. The van der Waals surface area contributed by atoms with E-state index in [-0.39, 0.29) is 0 Å². The SMILES string of the molecule is CC1CC(NCCN2CCOCC2)NC2CCCCC12. The second-order valence-electron chi connectivity index (χ2n) is 6.90. The van der Waals surface area contributed by atoms with E-state index in [2.05, 4.69) is 22.5 Å². The normalized spacial score (nSPS) is 39.5. The maximum Gasteiger partial charge on any atom is 0.0594 e. The largest absolute Gasteiger partial charge is 0.379 e. The standard InChI is InChI=1S/C16H31N3O/c1-13-12-16(18-15-5-3-2-4-14(13)15)17-6-7-19-8-10-20-11-9-19/h13-18H,2-12H2,1H3. The number of morpholine rings is 1. The molecule has 1 saturated carbocycles. The number of fused-ring (bicyclic) bond motifs is 1. The fourth-order valence-corrected chi connectivity index (χ4v) is 4.28. The average molecular weight is 281 g/mol. The summed E-state index contributed by atoms with van der Waals surface area (Å²) in [5, 5.41) is 7.61. The van der Waals surface area contributed by atoms with Gasteiger partial charge in [-0.2, -0.15) is 0 Å². The monoisotopic (exact) mass is 281 g/mol. The zero-order chi connectivity index (χ0) is 13.8. The van der Waals surface area contributed by atoms with Gasteiger partial charge in [0.25, 0.3) is 0 Å². The van der Waals surface area contributed by atoms with Crippen LogP contribution in [0.4, 0.5) is 0 Å². The lowest BCUT2D eigenvalue weighted by Gasteiger charge is -2.45. The van der Waals surface area contributed by atoms with Crippen LogP contribution in [0.5, 0.6) is 0 Å². The highest BCUT2D eigenvalue weighted by atomic mass is 16.5. The van der Waals surface area contributed by atoms with Gasteiger partial charge in [-0.3, -0.25) is 10.2 Å². The van der Waals surface area contributed by atoms with Crippen molar-refractivity contribution in [2.45, 2.75) is 51.2 Å². The molecular weight excluding hydrogens is 250 g/mol. The molecule has 0 aromatic rings. The van der Waals surface area contributed by atoms with Crippen LogP contribution < -0.4 is 10.6 Å². The number of rotatable bonds is 4. The molecule has 3 rings (SSSR count). The molecule has 3 fully saturated rings. The van der Waals surface area contributed by atoms with E-state index >= 15 is 0 Å². The van der Waals surface area contributed by atoms with Gasteiger partial charge in [-0.15, -0.1) is 0 Å². The molecule has 2 saturated heterocycles. The zero-order valence-corrected chi connectivity index (χ0v) is 12.9. The molecule has 4 unspecified atom stereocenters. The van der Waals surface area contributed by atoms with Crippen molar-refractivity contribution in [2.75, 3.05) is 39.4 Å². The van der Waals surface area contributed by atoms with E-state index in [1.807, 2.05) is 0 Å². The van der Waals surface area contributed by atoms with Crippen molar-refractivity contribution >= 4 is 0 Å². The van der Waals surface area contributed by atoms with Gasteiger partial charge in [0, 0.05) is 32.2 Å². The topological polar surface area (TPSA) is 36.5 Å². The second kappa shape index (κ2) is 7.21. The highest BCUT2D eigenvalue weighted by Crippen LogP contribution is 2.35. The van der Waals surface area contributed by atoms with Gasteiger partial charge >= 0.3 is 0 Å². The quantitative estimate of drug-likeness (QED) is 0.817. The third kappa shape index (κ3) is 3.73. The Labute approximate surface area is 123 Å². The molecule has 2 heterocycles. The summed E-state index contributed by atoms with van der Waals surface area (Å²) in [6.07, 6.45) is 7.52. The first kappa shape index (κ1) is 14.8. The Morgan fingerprint density at radius 3 is 2.85 bits per heavy atom. The third-order valence-corrected chi connectivity index (χ3v) is 5.50. The Hall–Kier alpha value is -0.160. The van der Waals surface area contributed by atoms with E-state index in [1.165, 1.54) is 32.1 Å². The predicted molar refractivity (Wildman–Crippen MR) is 81.7 cm³/mol. The van der Waals surface area contributed by atoms with Crippen LogP contribution in [-0.4, -0.2) is 56.5 Å². The van der Waals surface area contributed by atoms with Crippen LogP contribution >= 0.6 is 0 Å². The molecule has 4 heteroatoms. The Morgan fingerprint density at radius 2 is 2.00 bits per heavy atom. The minimum atomic E-state index is 0.533. The summed E-state index contributed by atoms with van der Waals surface area (Å²) >= 11 is 0. The lowest BCUT2D eigenvalue weighted by molar-refractivity contribution is 0.0367. The lowest BCUT2D eigenvalue weighted by atomic mass is 9.73. The number of ether oxygens (including phenoxy) is 1. The fraction of sp³-hybridized carbons (Fsp3) is 1.00. The Balaban J connectivity index is 1.39. The zero-order valence-electron chi connectivity index (χ0n) is 12.9. The van der Waals surface area contributed by atoms with E-state index in [0.717, 1.165) is 57.3 Å². The second-order valence-corrected chi connectivity index (χ2v) is 6.90. The summed E-state index contributed by atoms with van der Waals surface area (Å²) in [5.41, 5.74) is 0. The Morgan fingerprint density at radius 1 is 1.20 bits per heavy atom. The molecule has 1 aliphatic carbocycles. The van der Waals surface area contributed by atoms with Gasteiger partial charge in [0.05, 0.1) is 19.4 Å². The molecule has 4 atom stereocenters. The number of nitrogens with one attached hydrogen (secondary N) is 2. The van der Waals surface area contributed by atoms with Crippen LogP contribution in [-0.2, 0) is 4.74 Å². The number of piperidine rings is 1. The molecule has 4 nitrogen and oxygen atoms in total. The highest BCUT2D eigenvalue weighted by molar-refractivity contribution is 4.91. The van der Waals surface area contributed by atoms with Gasteiger partial charge in [0.2, 0.25) is 0 Å². The van der Waals surface area contributed by atoms with Crippen molar-refractivity contribution in [3.8, 4) is 0 Å². The van der Waals surface area contributed by atoms with Crippen molar-refractivity contribution in [1.82, 2.24) is 15.5 Å². The maximum absolute atomic E-state index is 5.39. The molecule has 0 aromatic carbocycles. The van der Waals surface area contributed by atoms with Crippen molar-refractivity contribution in [1.29, 1.82) is 0 Å². The number of hydrogen-bond acceptors (Lipinski definition) is 4. The minimum absolute atomic E-state index is 0.533. The summed E-state index contributed by atoms with van der Waals surface area (Å²) in [5.74, 6) is 1.81. The van der Waals surface area contributed by atoms with Gasteiger partial charge in [-0.1, -0.05) is 19.8 Å². The molecule has 0 bridgehead atoms. The first-order chi connectivity index (χ1) is 9.83. The van der Waals surface area contributed by atoms with E-state index in [9.17, 15) is 0 Å². The summed E-state index contributed by atoms with van der Waals surface area (Å²) in [6.45, 7) is 8.72. The average Bonchev–Trinajstić information content (AvgIpc) is 2.48. The van der Waals surface area contributed by atoms with Crippen LogP contribution in [0.25, 0.3) is 0 Å². The molecule has 2 aliphatic heterocycles. The Bertz CT molecular complexity index is 293. The molecule has 2 N–H and O–H groups in total. The van der Waals surface area contributed by atoms with Crippen molar-refractivity contribution in [2.24, 2.45) is 11.8 Å². The van der Waals surface area contributed by atoms with Gasteiger partial charge in [0.1, 0.15) is 0 Å². The van der Waals surface area contributed by atoms with Crippen LogP contribution in [0.3, 0.4) is 0 Å². The first-order valence-corrected chi connectivity index (χ1v) is 8.62. The smallest absolute Gasteiger partial charge is 0.0594 e. The molecule has 116 valence electrons. The van der Waals surface area contributed by atoms with Crippen LogP contribution in [0, 0.1) is 11.8 Å². The summed E-state index contributed by atoms with van der Waals surface area (Å²) < 4.78 is 5.39. The van der Waals surface area contributed by atoms with Gasteiger partial charge in [-0.25, -0.2) is 0 Å². The highest BCUT2D eigenvalue weighted by Gasteiger charge is 2.35. The minimum Gasteiger partial charge on any atom is -0.379 e. The predicted octanol–water partition coefficient (Wildman–Crippen LogP) is 1.42. The van der Waals surface area contributed by atoms with Crippen LogP contribution in [0.2, 0.25) is 0 Å². The van der Waals surface area contributed by atoms with E-state index in [4.69, 9.17) is 4.74 Å². The van der Waals surface area contributed by atoms with E-state index < -0.39 is 0 Å². The lowest BCUT2D eigenvalue weighted by Crippen LogP contribution is -2.58. The van der Waals surface area contributed by atoms with E-state index in [0.29, 0.717) is 6.17 Å². The number of hydrogen-bond donors (Lipinski definition) is 2. The maximum atomic E-state index is 5.39. The molecule has 3 aliphatic rings. The molecule has 0 aromatic heterocycles. The molecule has 0 amide bonds. The van der Waals surface area contributed by atoms with Crippen molar-refractivity contribution in [3.63, 3.8) is 0 Å². The summed E-state index contributed by atoms with van der Waals surface area (Å²) in [4.78, 5) is 2.51. The Kier molecular flexibility index (Phi) is 5.32. The fourth-order valence-electron chi connectivity index (χ4n) is 4.28. The van der Waals surface area contributed by atoms with E-state index in [1.54, 1.807) is 0 Å². The summed E-state index contributed by atoms with van der Waals surface area (Å²) in [7, 11) is 0. The van der Waals surface area contributed by atoms with Crippen LogP contribution in [0.1, 0.15) is 39.0 Å². The van der Waals surface area contributed by atoms with Gasteiger partial charge in [-0.05, 0) is 31.1 Å².